The summed E-state index contributed by atoms with van der Waals surface area (Å²) in [6.07, 6.45) is 3.28. The molecular weight excluding hydrogens is 212 g/mol. The predicted octanol–water partition coefficient (Wildman–Crippen LogP) is 0.906. The molecule has 0 aromatic carbocycles. The largest absolute Gasteiger partial charge is 0.305 e. The normalized spacial score (nSPS) is 20.8. The van der Waals surface area contributed by atoms with Gasteiger partial charge in [0.25, 0.3) is 0 Å². The average Bonchev–Trinajstić information content (AvgIpc) is 2.54. The van der Waals surface area contributed by atoms with E-state index >= 15 is 0 Å². The number of rotatable bonds is 6. The lowest BCUT2D eigenvalue weighted by atomic mass is 10.2. The fraction of sp³-hybridized carbons (Fsp3) is 0.923. The van der Waals surface area contributed by atoms with Crippen molar-refractivity contribution in [2.24, 2.45) is 0 Å². The van der Waals surface area contributed by atoms with Gasteiger partial charge < -0.3 is 15.1 Å². The molecule has 1 atom stereocenters. The van der Waals surface area contributed by atoms with Crippen molar-refractivity contribution in [1.29, 1.82) is 5.26 Å². The van der Waals surface area contributed by atoms with Crippen LogP contribution in [0.25, 0.3) is 0 Å². The molecule has 1 unspecified atom stereocenters. The number of nitriles is 1. The van der Waals surface area contributed by atoms with E-state index in [0.717, 1.165) is 39.0 Å². The number of nitrogens with one attached hydrogen (secondary N) is 1. The van der Waals surface area contributed by atoms with Crippen molar-refractivity contribution < 1.29 is 0 Å². The molecular formula is C13H26N4. The van der Waals surface area contributed by atoms with Gasteiger partial charge in [-0.05, 0) is 45.9 Å². The fourth-order valence-corrected chi connectivity index (χ4v) is 2.17. The number of likely N-dealkylation sites (N-methyl/N-ethyl adjacent to an activating group) is 1. The summed E-state index contributed by atoms with van der Waals surface area (Å²) >= 11 is 0. The van der Waals surface area contributed by atoms with E-state index in [0.29, 0.717) is 0 Å². The van der Waals surface area contributed by atoms with Crippen molar-refractivity contribution in [3.05, 3.63) is 0 Å². The zero-order chi connectivity index (χ0) is 12.5. The second-order valence-electron chi connectivity index (χ2n) is 4.92. The van der Waals surface area contributed by atoms with Gasteiger partial charge in [0.2, 0.25) is 0 Å². The van der Waals surface area contributed by atoms with Crippen LogP contribution in [0.2, 0.25) is 0 Å². The molecule has 1 saturated heterocycles. The maximum atomic E-state index is 9.04. The number of hydrogen-bond donors (Lipinski definition) is 1. The van der Waals surface area contributed by atoms with Gasteiger partial charge in [-0.15, -0.1) is 0 Å². The third-order valence-electron chi connectivity index (χ3n) is 3.34. The molecule has 1 aliphatic rings. The van der Waals surface area contributed by atoms with Crippen LogP contribution in [0.5, 0.6) is 0 Å². The first-order valence-electron chi connectivity index (χ1n) is 6.80. The Kier molecular flexibility index (Phi) is 7.18. The summed E-state index contributed by atoms with van der Waals surface area (Å²) < 4.78 is 0. The van der Waals surface area contributed by atoms with Gasteiger partial charge in [-0.1, -0.05) is 6.92 Å². The molecule has 1 aliphatic heterocycles. The molecule has 1 N–H and O–H groups in total. The average molecular weight is 238 g/mol. The summed E-state index contributed by atoms with van der Waals surface area (Å²) in [4.78, 5) is 4.87. The second kappa shape index (κ2) is 8.46. The molecule has 1 rings (SSSR count). The fourth-order valence-electron chi connectivity index (χ4n) is 2.17. The first-order valence-corrected chi connectivity index (χ1v) is 6.80. The van der Waals surface area contributed by atoms with Crippen molar-refractivity contribution in [2.75, 3.05) is 46.3 Å². The quantitative estimate of drug-likeness (QED) is 0.747. The molecule has 0 aromatic rings. The zero-order valence-corrected chi connectivity index (χ0v) is 11.3. The van der Waals surface area contributed by atoms with Crippen molar-refractivity contribution >= 4 is 0 Å². The van der Waals surface area contributed by atoms with Crippen LogP contribution in [0.4, 0.5) is 0 Å². The minimum Gasteiger partial charge on any atom is -0.305 e. The van der Waals surface area contributed by atoms with Crippen molar-refractivity contribution in [1.82, 2.24) is 15.1 Å². The van der Waals surface area contributed by atoms with Crippen LogP contribution >= 0.6 is 0 Å². The molecule has 0 radical (unpaired) electrons. The molecule has 1 fully saturated rings. The molecule has 98 valence electrons. The Bertz CT molecular complexity index is 236. The molecule has 0 aliphatic carbocycles. The van der Waals surface area contributed by atoms with Crippen LogP contribution in [0.3, 0.4) is 0 Å². The van der Waals surface area contributed by atoms with Crippen LogP contribution in [-0.2, 0) is 0 Å². The number of hydrogen-bond acceptors (Lipinski definition) is 4. The standard InChI is InChI=1S/C13H26N4/c1-3-6-15-13(12-14)5-9-17-8-4-7-16(2)10-11-17/h13,15H,3-11H2,1-2H3. The summed E-state index contributed by atoms with van der Waals surface area (Å²) in [5.74, 6) is 0. The van der Waals surface area contributed by atoms with Gasteiger partial charge in [-0.25, -0.2) is 0 Å². The SMILES string of the molecule is CCCNC(C#N)CCN1CCCN(C)CC1. The third kappa shape index (κ3) is 6.02. The molecule has 0 bridgehead atoms. The van der Waals surface area contributed by atoms with Crippen LogP contribution in [-0.4, -0.2) is 62.2 Å². The second-order valence-corrected chi connectivity index (χ2v) is 4.92. The third-order valence-corrected chi connectivity index (χ3v) is 3.34. The monoisotopic (exact) mass is 238 g/mol. The highest BCUT2D eigenvalue weighted by atomic mass is 15.2. The Hall–Kier alpha value is -0.630. The number of nitrogens with zero attached hydrogens (tertiary/aromatic N) is 3. The van der Waals surface area contributed by atoms with Gasteiger partial charge >= 0.3 is 0 Å². The van der Waals surface area contributed by atoms with E-state index in [9.17, 15) is 0 Å². The van der Waals surface area contributed by atoms with E-state index in [-0.39, 0.29) is 6.04 Å². The minimum absolute atomic E-state index is 0.0240. The van der Waals surface area contributed by atoms with E-state index in [4.69, 9.17) is 5.26 Å². The highest BCUT2D eigenvalue weighted by Crippen LogP contribution is 2.03. The van der Waals surface area contributed by atoms with Crippen LogP contribution < -0.4 is 5.32 Å². The van der Waals surface area contributed by atoms with Crippen molar-refractivity contribution in [3.63, 3.8) is 0 Å². The van der Waals surface area contributed by atoms with Crippen LogP contribution in [0, 0.1) is 11.3 Å². The summed E-state index contributed by atoms with van der Waals surface area (Å²) in [6.45, 7) is 8.79. The van der Waals surface area contributed by atoms with Gasteiger partial charge in [0.05, 0.1) is 12.1 Å². The Labute approximate surface area is 106 Å². The first kappa shape index (κ1) is 14.4. The van der Waals surface area contributed by atoms with Crippen LogP contribution in [0.1, 0.15) is 26.2 Å². The Morgan fingerprint density at radius 1 is 1.29 bits per heavy atom. The van der Waals surface area contributed by atoms with Gasteiger partial charge in [0, 0.05) is 19.6 Å². The summed E-state index contributed by atoms with van der Waals surface area (Å²) in [5, 5.41) is 12.3. The minimum atomic E-state index is 0.0240. The van der Waals surface area contributed by atoms with Gasteiger partial charge in [0.15, 0.2) is 0 Å². The molecule has 17 heavy (non-hydrogen) atoms. The van der Waals surface area contributed by atoms with Crippen molar-refractivity contribution in [2.45, 2.75) is 32.2 Å². The molecule has 0 aromatic heterocycles. The lowest BCUT2D eigenvalue weighted by Gasteiger charge is -2.21. The Morgan fingerprint density at radius 2 is 2.12 bits per heavy atom. The molecule has 4 heteroatoms. The Morgan fingerprint density at radius 3 is 2.82 bits per heavy atom. The van der Waals surface area contributed by atoms with E-state index in [1.807, 2.05) is 0 Å². The van der Waals surface area contributed by atoms with Crippen molar-refractivity contribution in [3.8, 4) is 6.07 Å². The van der Waals surface area contributed by atoms with E-state index in [2.05, 4.69) is 35.2 Å². The highest BCUT2D eigenvalue weighted by molar-refractivity contribution is 4.90. The highest BCUT2D eigenvalue weighted by Gasteiger charge is 2.13. The molecule has 4 nitrogen and oxygen atoms in total. The summed E-state index contributed by atoms with van der Waals surface area (Å²) in [7, 11) is 2.18. The van der Waals surface area contributed by atoms with Crippen LogP contribution in [0.15, 0.2) is 0 Å². The Balaban J connectivity index is 2.21. The van der Waals surface area contributed by atoms with Gasteiger partial charge in [-0.2, -0.15) is 5.26 Å². The first-order chi connectivity index (χ1) is 8.26. The summed E-state index contributed by atoms with van der Waals surface area (Å²) in [5.41, 5.74) is 0. The zero-order valence-electron chi connectivity index (χ0n) is 11.3. The molecule has 0 saturated carbocycles. The molecule has 0 spiro atoms. The predicted molar refractivity (Wildman–Crippen MR) is 70.9 cm³/mol. The topological polar surface area (TPSA) is 42.3 Å². The van der Waals surface area contributed by atoms with Gasteiger partial charge in [0.1, 0.15) is 0 Å². The van der Waals surface area contributed by atoms with Gasteiger partial charge in [-0.3, -0.25) is 0 Å². The lowest BCUT2D eigenvalue weighted by molar-refractivity contribution is 0.267. The summed E-state index contributed by atoms with van der Waals surface area (Å²) in [6, 6.07) is 2.38. The van der Waals surface area contributed by atoms with E-state index in [1.165, 1.54) is 19.5 Å². The maximum absolute atomic E-state index is 9.04. The van der Waals surface area contributed by atoms with E-state index in [1.54, 1.807) is 0 Å². The molecule has 0 amide bonds. The maximum Gasteiger partial charge on any atom is 0.0965 e. The smallest absolute Gasteiger partial charge is 0.0965 e. The lowest BCUT2D eigenvalue weighted by Crippen LogP contribution is -2.35. The molecule has 1 heterocycles. The van der Waals surface area contributed by atoms with E-state index < -0.39 is 0 Å².